The third kappa shape index (κ3) is 4.30. The first kappa shape index (κ1) is 19.7. The van der Waals surface area contributed by atoms with Crippen LogP contribution < -0.4 is 0 Å². The second-order valence-electron chi connectivity index (χ2n) is 5.77. The lowest BCUT2D eigenvalue weighted by Gasteiger charge is -2.41. The van der Waals surface area contributed by atoms with Crippen LogP contribution in [-0.4, -0.2) is 54.9 Å². The maximum absolute atomic E-state index is 10.3. The van der Waals surface area contributed by atoms with Gasteiger partial charge in [0.1, 0.15) is 4.83 Å². The molecule has 2 aliphatic rings. The normalized spacial score (nSPS) is 45.2. The minimum atomic E-state index is -0.548. The number of hydrogen-bond donors (Lipinski definition) is 1. The van der Waals surface area contributed by atoms with Gasteiger partial charge in [0.2, 0.25) is 0 Å². The molecule has 7 heteroatoms. The Morgan fingerprint density at radius 3 is 2.45 bits per heavy atom. The molecular formula is C15H20Br4O3. The Kier molecular flexibility index (Phi) is 7.73. The van der Waals surface area contributed by atoms with Gasteiger partial charge in [0, 0.05) is 16.1 Å². The summed E-state index contributed by atoms with van der Waals surface area (Å²) in [7, 11) is 0. The highest BCUT2D eigenvalue weighted by Gasteiger charge is 2.47. The SMILES string of the molecule is C#CC(Br)C1CC(O)C(C(Br)C2OC(CC)C(Br)CC2Br)O1. The quantitative estimate of drug-likeness (QED) is 0.415. The molecule has 0 aromatic heterocycles. The lowest BCUT2D eigenvalue weighted by Crippen LogP contribution is -2.51. The van der Waals surface area contributed by atoms with E-state index in [9.17, 15) is 5.11 Å². The Hall–Kier alpha value is 1.36. The Labute approximate surface area is 165 Å². The van der Waals surface area contributed by atoms with Gasteiger partial charge in [-0.3, -0.25) is 0 Å². The van der Waals surface area contributed by atoms with Crippen LogP contribution in [0.5, 0.6) is 0 Å². The highest BCUT2D eigenvalue weighted by molar-refractivity contribution is 9.10. The molecule has 0 aromatic rings. The van der Waals surface area contributed by atoms with Crippen molar-refractivity contribution in [2.24, 2.45) is 0 Å². The predicted octanol–water partition coefficient (Wildman–Crippen LogP) is 3.76. The van der Waals surface area contributed by atoms with Crippen LogP contribution in [0.15, 0.2) is 0 Å². The summed E-state index contributed by atoms with van der Waals surface area (Å²) in [6.45, 7) is 2.12. The molecule has 9 unspecified atom stereocenters. The molecule has 2 rings (SSSR count). The number of ether oxygens (including phenoxy) is 2. The minimum absolute atomic E-state index is 0.0586. The molecule has 2 saturated heterocycles. The number of halogens is 4. The Morgan fingerprint density at radius 2 is 1.86 bits per heavy atom. The van der Waals surface area contributed by atoms with Gasteiger partial charge in [0.15, 0.2) is 0 Å². The van der Waals surface area contributed by atoms with Gasteiger partial charge in [-0.05, 0) is 12.8 Å². The van der Waals surface area contributed by atoms with E-state index in [0.717, 1.165) is 12.8 Å². The number of aliphatic hydroxyl groups is 1. The molecule has 0 amide bonds. The summed E-state index contributed by atoms with van der Waals surface area (Å²) in [5, 5.41) is 10.3. The van der Waals surface area contributed by atoms with Crippen LogP contribution in [0.25, 0.3) is 0 Å². The molecule has 9 atom stereocenters. The van der Waals surface area contributed by atoms with E-state index < -0.39 is 6.10 Å². The van der Waals surface area contributed by atoms with E-state index in [-0.39, 0.29) is 38.9 Å². The van der Waals surface area contributed by atoms with Gasteiger partial charge in [0.25, 0.3) is 0 Å². The summed E-state index contributed by atoms with van der Waals surface area (Å²) in [5.41, 5.74) is 0. The van der Waals surface area contributed by atoms with E-state index in [0.29, 0.717) is 11.2 Å². The number of hydrogen-bond acceptors (Lipinski definition) is 3. The molecule has 2 aliphatic heterocycles. The first-order chi connectivity index (χ1) is 10.4. The molecule has 0 aliphatic carbocycles. The van der Waals surface area contributed by atoms with Crippen LogP contribution in [0, 0.1) is 12.3 Å². The van der Waals surface area contributed by atoms with Gasteiger partial charge in [0.05, 0.1) is 35.3 Å². The molecule has 2 heterocycles. The van der Waals surface area contributed by atoms with Gasteiger partial charge in [-0.25, -0.2) is 0 Å². The first-order valence-electron chi connectivity index (χ1n) is 7.40. The average Bonchev–Trinajstić information content (AvgIpc) is 2.88. The fraction of sp³-hybridized carbons (Fsp3) is 0.867. The molecule has 2 fully saturated rings. The zero-order chi connectivity index (χ0) is 16.4. The van der Waals surface area contributed by atoms with Gasteiger partial charge in [-0.1, -0.05) is 76.6 Å². The van der Waals surface area contributed by atoms with E-state index in [4.69, 9.17) is 15.9 Å². The molecule has 0 spiro atoms. The summed E-state index contributed by atoms with van der Waals surface area (Å²) >= 11 is 14.5. The van der Waals surface area contributed by atoms with Crippen LogP contribution in [0.2, 0.25) is 0 Å². The molecular weight excluding hydrogens is 548 g/mol. The van der Waals surface area contributed by atoms with Crippen molar-refractivity contribution in [3.8, 4) is 12.3 Å². The number of aliphatic hydroxyl groups excluding tert-OH is 1. The van der Waals surface area contributed by atoms with Crippen molar-refractivity contribution in [2.45, 2.75) is 76.0 Å². The maximum atomic E-state index is 10.3. The summed E-state index contributed by atoms with van der Waals surface area (Å²) in [5.74, 6) is 2.62. The van der Waals surface area contributed by atoms with Gasteiger partial charge >= 0.3 is 0 Å². The molecule has 22 heavy (non-hydrogen) atoms. The fourth-order valence-electron chi connectivity index (χ4n) is 2.99. The Balaban J connectivity index is 2.04. The number of alkyl halides is 4. The molecule has 0 saturated carbocycles. The Morgan fingerprint density at radius 1 is 1.18 bits per heavy atom. The third-order valence-electron chi connectivity index (χ3n) is 4.24. The molecule has 3 nitrogen and oxygen atoms in total. The summed E-state index contributed by atoms with van der Waals surface area (Å²) in [4.78, 5) is 0.261. The molecule has 0 aromatic carbocycles. The van der Waals surface area contributed by atoms with Crippen molar-refractivity contribution in [1.82, 2.24) is 0 Å². The highest BCUT2D eigenvalue weighted by Crippen LogP contribution is 2.39. The zero-order valence-electron chi connectivity index (χ0n) is 12.2. The average molecular weight is 568 g/mol. The van der Waals surface area contributed by atoms with Gasteiger partial charge in [-0.2, -0.15) is 0 Å². The van der Waals surface area contributed by atoms with Crippen molar-refractivity contribution in [2.75, 3.05) is 0 Å². The Bertz CT molecular complexity index is 416. The van der Waals surface area contributed by atoms with Crippen molar-refractivity contribution < 1.29 is 14.6 Å². The van der Waals surface area contributed by atoms with Crippen LogP contribution >= 0.6 is 63.7 Å². The lowest BCUT2D eigenvalue weighted by atomic mass is 9.96. The van der Waals surface area contributed by atoms with Crippen LogP contribution in [0.4, 0.5) is 0 Å². The van der Waals surface area contributed by atoms with E-state index in [1.807, 2.05) is 0 Å². The van der Waals surface area contributed by atoms with Gasteiger partial charge in [-0.15, -0.1) is 6.42 Å². The number of terminal acetylenes is 1. The molecule has 126 valence electrons. The van der Waals surface area contributed by atoms with E-state index >= 15 is 0 Å². The monoisotopic (exact) mass is 564 g/mol. The summed E-state index contributed by atoms with van der Waals surface area (Å²) < 4.78 is 12.2. The van der Waals surface area contributed by atoms with E-state index in [1.165, 1.54) is 0 Å². The third-order valence-corrected chi connectivity index (χ3v) is 8.00. The maximum Gasteiger partial charge on any atom is 0.101 e. The molecule has 1 N–H and O–H groups in total. The van der Waals surface area contributed by atoms with Crippen molar-refractivity contribution in [3.63, 3.8) is 0 Å². The zero-order valence-corrected chi connectivity index (χ0v) is 18.5. The smallest absolute Gasteiger partial charge is 0.101 e. The van der Waals surface area contributed by atoms with Crippen molar-refractivity contribution >= 4 is 63.7 Å². The van der Waals surface area contributed by atoms with Crippen molar-refractivity contribution in [1.29, 1.82) is 0 Å². The lowest BCUT2D eigenvalue weighted by molar-refractivity contribution is -0.0731. The topological polar surface area (TPSA) is 38.7 Å². The summed E-state index contributed by atoms with van der Waals surface area (Å²) in [6, 6.07) is 0. The highest BCUT2D eigenvalue weighted by atomic mass is 79.9. The fourth-order valence-corrected chi connectivity index (χ4v) is 6.97. The standard InChI is InChI=1S/C15H20Br4O3/c1-3-7(16)12-6-10(20)15(22-12)13(19)14-9(18)5-8(17)11(4-2)21-14/h1,7-15,20H,4-6H2,2H3. The summed E-state index contributed by atoms with van der Waals surface area (Å²) in [6.07, 6.45) is 6.95. The van der Waals surface area contributed by atoms with Gasteiger partial charge < -0.3 is 14.6 Å². The second-order valence-corrected chi connectivity index (χ2v) is 10.2. The van der Waals surface area contributed by atoms with E-state index in [1.54, 1.807) is 0 Å². The molecule has 0 bridgehead atoms. The number of rotatable bonds is 4. The van der Waals surface area contributed by atoms with Crippen LogP contribution in [-0.2, 0) is 9.47 Å². The van der Waals surface area contributed by atoms with Crippen LogP contribution in [0.3, 0.4) is 0 Å². The largest absolute Gasteiger partial charge is 0.390 e. The van der Waals surface area contributed by atoms with E-state index in [2.05, 4.69) is 76.6 Å². The predicted molar refractivity (Wildman–Crippen MR) is 103 cm³/mol. The second kappa shape index (κ2) is 8.64. The first-order valence-corrected chi connectivity index (χ1v) is 11.1. The van der Waals surface area contributed by atoms with Crippen LogP contribution in [0.1, 0.15) is 26.2 Å². The van der Waals surface area contributed by atoms with Crippen molar-refractivity contribution in [3.05, 3.63) is 0 Å². The minimum Gasteiger partial charge on any atom is -0.390 e. The molecule has 0 radical (unpaired) electrons.